The van der Waals surface area contributed by atoms with Crippen molar-refractivity contribution in [2.24, 2.45) is 0 Å². The van der Waals surface area contributed by atoms with Crippen molar-refractivity contribution in [3.63, 3.8) is 0 Å². The Bertz CT molecular complexity index is 2520. The Morgan fingerprint density at radius 1 is 0.227 bits per heavy atom. The fourth-order valence-electron chi connectivity index (χ4n) is 7.21. The molecule has 0 saturated carbocycles. The van der Waals surface area contributed by atoms with Gasteiger partial charge in [0.15, 0.2) is 0 Å². The Morgan fingerprint density at radius 2 is 0.727 bits per heavy atom. The summed E-state index contributed by atoms with van der Waals surface area (Å²) in [4.78, 5) is 0. The number of rotatable bonds is 3. The molecule has 0 bridgehead atoms. The van der Waals surface area contributed by atoms with E-state index >= 15 is 0 Å². The van der Waals surface area contributed by atoms with Gasteiger partial charge in [0.05, 0.1) is 0 Å². The van der Waals surface area contributed by atoms with Crippen LogP contribution in [-0.4, -0.2) is 0 Å². The minimum absolute atomic E-state index is 1.23. The highest BCUT2D eigenvalue weighted by Gasteiger charge is 2.18. The summed E-state index contributed by atoms with van der Waals surface area (Å²) in [6.45, 7) is 0. The molecule has 0 unspecified atom stereocenters. The van der Waals surface area contributed by atoms with Crippen LogP contribution in [0, 0.1) is 0 Å². The van der Waals surface area contributed by atoms with Crippen LogP contribution in [0.3, 0.4) is 0 Å². The summed E-state index contributed by atoms with van der Waals surface area (Å²) in [5.41, 5.74) is 7.55. The first-order valence-electron chi connectivity index (χ1n) is 15.3. The van der Waals surface area contributed by atoms with Crippen LogP contribution in [0.1, 0.15) is 0 Å². The average molecular weight is 557 g/mol. The van der Waals surface area contributed by atoms with Gasteiger partial charge in [-0.3, -0.25) is 0 Å². The topological polar surface area (TPSA) is 0 Å². The van der Waals surface area contributed by atoms with E-state index in [0.717, 1.165) is 0 Å². The Labute approximate surface area is 256 Å². The van der Waals surface area contributed by atoms with Gasteiger partial charge in [0, 0.05) is 0 Å². The molecule has 0 heteroatoms. The lowest BCUT2D eigenvalue weighted by Gasteiger charge is -2.19. The minimum Gasteiger partial charge on any atom is -0.0622 e. The van der Waals surface area contributed by atoms with E-state index in [4.69, 9.17) is 0 Å². The second-order valence-electron chi connectivity index (χ2n) is 11.7. The Balaban J connectivity index is 1.41. The maximum absolute atomic E-state index is 2.44. The first-order valence-corrected chi connectivity index (χ1v) is 15.3. The molecule has 9 aromatic rings. The van der Waals surface area contributed by atoms with Crippen LogP contribution >= 0.6 is 0 Å². The van der Waals surface area contributed by atoms with Gasteiger partial charge in [0.1, 0.15) is 0 Å². The van der Waals surface area contributed by atoms with Crippen LogP contribution in [0.15, 0.2) is 170 Å². The van der Waals surface area contributed by atoms with E-state index < -0.39 is 0 Å². The van der Waals surface area contributed by atoms with E-state index in [2.05, 4.69) is 170 Å². The molecule has 0 fully saturated rings. The molecule has 0 nitrogen and oxygen atoms in total. The molecule has 0 heterocycles. The molecule has 0 radical (unpaired) electrons. The molecule has 9 rings (SSSR count). The van der Waals surface area contributed by atoms with Crippen molar-refractivity contribution in [3.8, 4) is 33.4 Å². The van der Waals surface area contributed by atoms with Crippen LogP contribution in [-0.2, 0) is 0 Å². The zero-order chi connectivity index (χ0) is 29.0. The van der Waals surface area contributed by atoms with E-state index in [0.29, 0.717) is 0 Å². The Kier molecular flexibility index (Phi) is 5.61. The van der Waals surface area contributed by atoms with E-state index in [1.807, 2.05) is 0 Å². The number of hydrogen-bond acceptors (Lipinski definition) is 0. The van der Waals surface area contributed by atoms with Gasteiger partial charge >= 0.3 is 0 Å². The van der Waals surface area contributed by atoms with E-state index in [1.165, 1.54) is 87.2 Å². The summed E-state index contributed by atoms with van der Waals surface area (Å²) < 4.78 is 0. The second-order valence-corrected chi connectivity index (χ2v) is 11.7. The van der Waals surface area contributed by atoms with Gasteiger partial charge in [-0.05, 0) is 112 Å². The van der Waals surface area contributed by atoms with Crippen molar-refractivity contribution in [1.82, 2.24) is 0 Å². The van der Waals surface area contributed by atoms with Crippen molar-refractivity contribution in [2.75, 3.05) is 0 Å². The largest absolute Gasteiger partial charge is 0.0622 e. The highest BCUT2D eigenvalue weighted by Crippen LogP contribution is 2.45. The first kappa shape index (κ1) is 24.8. The lowest BCUT2D eigenvalue weighted by atomic mass is 9.84. The molecular weight excluding hydrogens is 528 g/mol. The van der Waals surface area contributed by atoms with Gasteiger partial charge in [-0.2, -0.15) is 0 Å². The molecule has 0 N–H and O–H groups in total. The predicted octanol–water partition coefficient (Wildman–Crippen LogP) is 12.5. The molecule has 9 aromatic carbocycles. The zero-order valence-corrected chi connectivity index (χ0v) is 24.2. The van der Waals surface area contributed by atoms with Gasteiger partial charge < -0.3 is 0 Å². The fourth-order valence-corrected chi connectivity index (χ4v) is 7.21. The lowest BCUT2D eigenvalue weighted by Crippen LogP contribution is -1.92. The Hall–Kier alpha value is -5.72. The first-order chi connectivity index (χ1) is 21.8. The maximum Gasteiger partial charge on any atom is -0.00262 e. The smallest absolute Gasteiger partial charge is 0.00262 e. The molecule has 0 aliphatic carbocycles. The number of hydrogen-bond donors (Lipinski definition) is 0. The SMILES string of the molecule is c1ccc(-c2c3ccccc3c(-c3ccccc3)c3cc(-c4cc5cc6ccccc6cc5c5ccccc45)ccc23)cc1. The normalized spacial score (nSPS) is 11.6. The summed E-state index contributed by atoms with van der Waals surface area (Å²) in [5.74, 6) is 0. The van der Waals surface area contributed by atoms with Gasteiger partial charge in [0.25, 0.3) is 0 Å². The molecule has 204 valence electrons. The van der Waals surface area contributed by atoms with Gasteiger partial charge in [-0.25, -0.2) is 0 Å². The fraction of sp³-hybridized carbons (Fsp3) is 0. The van der Waals surface area contributed by atoms with Crippen LogP contribution in [0.5, 0.6) is 0 Å². The summed E-state index contributed by atoms with van der Waals surface area (Å²) in [6, 6.07) is 62.3. The van der Waals surface area contributed by atoms with Crippen molar-refractivity contribution in [1.29, 1.82) is 0 Å². The molecule has 0 aromatic heterocycles. The van der Waals surface area contributed by atoms with E-state index in [1.54, 1.807) is 0 Å². The lowest BCUT2D eigenvalue weighted by molar-refractivity contribution is 1.64. The highest BCUT2D eigenvalue weighted by molar-refractivity contribution is 6.23. The Morgan fingerprint density at radius 3 is 1.39 bits per heavy atom. The van der Waals surface area contributed by atoms with Crippen LogP contribution in [0.25, 0.3) is 87.2 Å². The quantitative estimate of drug-likeness (QED) is 0.150. The summed E-state index contributed by atoms with van der Waals surface area (Å²) in [5, 5.41) is 12.8. The predicted molar refractivity (Wildman–Crippen MR) is 190 cm³/mol. The average Bonchev–Trinajstić information content (AvgIpc) is 3.10. The molecule has 0 spiro atoms. The monoisotopic (exact) mass is 556 g/mol. The minimum atomic E-state index is 1.23. The third-order valence-electron chi connectivity index (χ3n) is 9.19. The second kappa shape index (κ2) is 9.93. The molecule has 0 atom stereocenters. The van der Waals surface area contributed by atoms with Crippen molar-refractivity contribution in [2.45, 2.75) is 0 Å². The molecule has 0 aliphatic rings. The van der Waals surface area contributed by atoms with Crippen LogP contribution in [0.2, 0.25) is 0 Å². The number of fused-ring (bicyclic) bond motifs is 6. The van der Waals surface area contributed by atoms with E-state index in [-0.39, 0.29) is 0 Å². The van der Waals surface area contributed by atoms with Crippen molar-refractivity contribution in [3.05, 3.63) is 170 Å². The third-order valence-corrected chi connectivity index (χ3v) is 9.19. The van der Waals surface area contributed by atoms with E-state index in [9.17, 15) is 0 Å². The highest BCUT2D eigenvalue weighted by atomic mass is 14.2. The molecule has 0 saturated heterocycles. The third kappa shape index (κ3) is 3.85. The van der Waals surface area contributed by atoms with Crippen molar-refractivity contribution < 1.29 is 0 Å². The standard InChI is InChI=1S/C44H28/c1-3-13-29(14-4-1)43-37-21-11-12-22-38(37)44(30-15-5-2-6-16-30)42-27-33(23-24-39(42)43)40-28-34-25-31-17-7-8-18-32(31)26-41(34)36-20-10-9-19-35(36)40/h1-28H. The van der Waals surface area contributed by atoms with Crippen molar-refractivity contribution >= 4 is 53.9 Å². The summed E-state index contributed by atoms with van der Waals surface area (Å²) in [7, 11) is 0. The van der Waals surface area contributed by atoms with Crippen LogP contribution < -0.4 is 0 Å². The number of benzene rings is 9. The van der Waals surface area contributed by atoms with Gasteiger partial charge in [-0.15, -0.1) is 0 Å². The van der Waals surface area contributed by atoms with Crippen LogP contribution in [0.4, 0.5) is 0 Å². The zero-order valence-electron chi connectivity index (χ0n) is 24.2. The molecule has 44 heavy (non-hydrogen) atoms. The van der Waals surface area contributed by atoms with Gasteiger partial charge in [0.2, 0.25) is 0 Å². The maximum atomic E-state index is 2.44. The summed E-state index contributed by atoms with van der Waals surface area (Å²) >= 11 is 0. The molecule has 0 aliphatic heterocycles. The van der Waals surface area contributed by atoms with Gasteiger partial charge in [-0.1, -0.05) is 146 Å². The molecular formula is C44H28. The summed E-state index contributed by atoms with van der Waals surface area (Å²) in [6.07, 6.45) is 0. The molecule has 0 amide bonds.